The van der Waals surface area contributed by atoms with E-state index in [1.54, 1.807) is 11.0 Å². The van der Waals surface area contributed by atoms with Gasteiger partial charge in [0.2, 0.25) is 0 Å². The summed E-state index contributed by atoms with van der Waals surface area (Å²) in [5.74, 6) is 0.523. The molecule has 1 aromatic rings. The first-order chi connectivity index (χ1) is 13.8. The van der Waals surface area contributed by atoms with Crippen molar-refractivity contribution in [2.75, 3.05) is 31.1 Å². The van der Waals surface area contributed by atoms with E-state index in [4.69, 9.17) is 4.74 Å². The number of carbonyl (C=O) groups is 2. The predicted molar refractivity (Wildman–Crippen MR) is 115 cm³/mol. The van der Waals surface area contributed by atoms with Crippen molar-refractivity contribution < 1.29 is 14.3 Å². The Bertz CT molecular complexity index is 776. The molecule has 0 aromatic carbocycles. The van der Waals surface area contributed by atoms with Gasteiger partial charge in [-0.25, -0.2) is 4.79 Å². The molecule has 2 amide bonds. The highest BCUT2D eigenvalue weighted by Gasteiger charge is 2.53. The molecule has 1 saturated carbocycles. The SMILES string of the molecule is CC(C)(C)OC(=O)N1CCN(c2ccc(C(=O)NC3C(C)(C)CC3(C)C)nn2)CC1. The first-order valence-electron chi connectivity index (χ1n) is 10.7. The molecule has 3 rings (SSSR count). The monoisotopic (exact) mass is 417 g/mol. The van der Waals surface area contributed by atoms with E-state index in [9.17, 15) is 9.59 Å². The van der Waals surface area contributed by atoms with Crippen LogP contribution in [-0.2, 0) is 4.74 Å². The van der Waals surface area contributed by atoms with Crippen LogP contribution in [0.2, 0.25) is 0 Å². The second kappa shape index (κ2) is 7.71. The minimum atomic E-state index is -0.500. The van der Waals surface area contributed by atoms with Crippen LogP contribution in [0.15, 0.2) is 12.1 Å². The van der Waals surface area contributed by atoms with E-state index < -0.39 is 5.60 Å². The van der Waals surface area contributed by atoms with Gasteiger partial charge in [-0.3, -0.25) is 4.79 Å². The fraction of sp³-hybridized carbons (Fsp3) is 0.727. The van der Waals surface area contributed by atoms with Crippen LogP contribution in [0.4, 0.5) is 10.6 Å². The molecule has 30 heavy (non-hydrogen) atoms. The quantitative estimate of drug-likeness (QED) is 0.813. The number of piperazine rings is 1. The number of hydrogen-bond donors (Lipinski definition) is 1. The molecular formula is C22H35N5O3. The molecule has 0 bridgehead atoms. The zero-order chi connectivity index (χ0) is 22.3. The van der Waals surface area contributed by atoms with Gasteiger partial charge in [0, 0.05) is 32.2 Å². The highest BCUT2D eigenvalue weighted by atomic mass is 16.6. The molecule has 1 N–H and O–H groups in total. The lowest BCUT2D eigenvalue weighted by Crippen LogP contribution is -2.63. The number of ether oxygens (including phenoxy) is 1. The number of nitrogens with one attached hydrogen (secondary N) is 1. The van der Waals surface area contributed by atoms with Gasteiger partial charge < -0.3 is 19.9 Å². The van der Waals surface area contributed by atoms with E-state index in [0.717, 1.165) is 6.42 Å². The fourth-order valence-corrected chi connectivity index (χ4v) is 4.96. The number of anilines is 1. The number of rotatable bonds is 3. The van der Waals surface area contributed by atoms with Gasteiger partial charge in [-0.05, 0) is 50.2 Å². The molecule has 1 saturated heterocycles. The van der Waals surface area contributed by atoms with Crippen molar-refractivity contribution in [1.82, 2.24) is 20.4 Å². The van der Waals surface area contributed by atoms with Crippen molar-refractivity contribution in [2.45, 2.75) is 66.5 Å². The molecule has 1 aliphatic carbocycles. The third-order valence-electron chi connectivity index (χ3n) is 5.89. The van der Waals surface area contributed by atoms with Crippen LogP contribution < -0.4 is 10.2 Å². The first kappa shape index (κ1) is 22.3. The maximum atomic E-state index is 12.7. The lowest BCUT2D eigenvalue weighted by molar-refractivity contribution is -0.0367. The van der Waals surface area contributed by atoms with Gasteiger partial charge in [0.1, 0.15) is 5.60 Å². The van der Waals surface area contributed by atoms with Crippen molar-refractivity contribution in [3.63, 3.8) is 0 Å². The van der Waals surface area contributed by atoms with Crippen LogP contribution in [0.1, 0.15) is 65.4 Å². The summed E-state index contributed by atoms with van der Waals surface area (Å²) in [6.45, 7) is 16.7. The van der Waals surface area contributed by atoms with Crippen molar-refractivity contribution in [3.8, 4) is 0 Å². The number of aromatic nitrogens is 2. The fourth-order valence-electron chi connectivity index (χ4n) is 4.96. The summed E-state index contributed by atoms with van der Waals surface area (Å²) in [5.41, 5.74) is -0.00890. The molecule has 0 atom stereocenters. The molecule has 0 spiro atoms. The van der Waals surface area contributed by atoms with E-state index in [-0.39, 0.29) is 28.9 Å². The number of amides is 2. The zero-order valence-corrected chi connectivity index (χ0v) is 19.3. The van der Waals surface area contributed by atoms with Crippen molar-refractivity contribution in [2.24, 2.45) is 10.8 Å². The molecule has 0 unspecified atom stereocenters. The summed E-state index contributed by atoms with van der Waals surface area (Å²) in [7, 11) is 0. The van der Waals surface area contributed by atoms with Crippen molar-refractivity contribution >= 4 is 17.8 Å². The van der Waals surface area contributed by atoms with Crippen molar-refractivity contribution in [1.29, 1.82) is 0 Å². The van der Waals surface area contributed by atoms with Gasteiger partial charge in [0.25, 0.3) is 5.91 Å². The van der Waals surface area contributed by atoms with E-state index in [1.807, 2.05) is 26.8 Å². The molecule has 2 fully saturated rings. The first-order valence-corrected chi connectivity index (χ1v) is 10.7. The second-order valence-corrected chi connectivity index (χ2v) is 10.8. The highest BCUT2D eigenvalue weighted by molar-refractivity contribution is 5.92. The Labute approximate surface area is 179 Å². The summed E-state index contributed by atoms with van der Waals surface area (Å²) in [5, 5.41) is 11.5. The molecule has 1 aliphatic heterocycles. The smallest absolute Gasteiger partial charge is 0.410 e. The van der Waals surface area contributed by atoms with Crippen LogP contribution in [0.5, 0.6) is 0 Å². The number of hydrogen-bond acceptors (Lipinski definition) is 6. The molecule has 2 aliphatic rings. The third kappa shape index (κ3) is 4.84. The van der Waals surface area contributed by atoms with E-state index in [1.165, 1.54) is 0 Å². The molecular weight excluding hydrogens is 382 g/mol. The topological polar surface area (TPSA) is 87.7 Å². The Balaban J connectivity index is 1.55. The van der Waals surface area contributed by atoms with Gasteiger partial charge in [-0.2, -0.15) is 0 Å². The highest BCUT2D eigenvalue weighted by Crippen LogP contribution is 2.53. The van der Waals surface area contributed by atoms with Crippen LogP contribution in [0, 0.1) is 10.8 Å². The molecule has 8 nitrogen and oxygen atoms in total. The van der Waals surface area contributed by atoms with Gasteiger partial charge >= 0.3 is 6.09 Å². The van der Waals surface area contributed by atoms with Crippen LogP contribution in [0.25, 0.3) is 0 Å². The van der Waals surface area contributed by atoms with Gasteiger partial charge in [-0.1, -0.05) is 27.7 Å². The minimum absolute atomic E-state index is 0.0837. The molecule has 1 aromatic heterocycles. The normalized spacial score (nSPS) is 21.0. The summed E-state index contributed by atoms with van der Waals surface area (Å²) in [4.78, 5) is 28.6. The van der Waals surface area contributed by atoms with Crippen molar-refractivity contribution in [3.05, 3.63) is 17.8 Å². The van der Waals surface area contributed by atoms with E-state index >= 15 is 0 Å². The van der Waals surface area contributed by atoms with Crippen LogP contribution >= 0.6 is 0 Å². The van der Waals surface area contributed by atoms with Gasteiger partial charge in [0.05, 0.1) is 0 Å². The third-order valence-corrected chi connectivity index (χ3v) is 5.89. The summed E-state index contributed by atoms with van der Waals surface area (Å²) in [6, 6.07) is 3.65. The molecule has 166 valence electrons. The summed E-state index contributed by atoms with van der Waals surface area (Å²) < 4.78 is 5.43. The van der Waals surface area contributed by atoms with Crippen LogP contribution in [0.3, 0.4) is 0 Å². The maximum absolute atomic E-state index is 12.7. The zero-order valence-electron chi connectivity index (χ0n) is 19.3. The number of carbonyl (C=O) groups excluding carboxylic acids is 2. The Hall–Kier alpha value is -2.38. The Morgan fingerprint density at radius 3 is 2.10 bits per heavy atom. The average molecular weight is 418 g/mol. The number of nitrogens with zero attached hydrogens (tertiary/aromatic N) is 4. The van der Waals surface area contributed by atoms with Gasteiger partial charge in [0.15, 0.2) is 11.5 Å². The standard InChI is InChI=1S/C22H35N5O3/c1-20(2,3)30-19(29)27-12-10-26(11-13-27)16-9-8-15(24-25-16)17(28)23-18-21(4,5)14-22(18,6)7/h8-9,18H,10-14H2,1-7H3,(H,23,28). The average Bonchev–Trinajstić information content (AvgIpc) is 2.64. The van der Waals surface area contributed by atoms with Gasteiger partial charge in [-0.15, -0.1) is 10.2 Å². The Morgan fingerprint density at radius 2 is 1.63 bits per heavy atom. The molecule has 8 heteroatoms. The summed E-state index contributed by atoms with van der Waals surface area (Å²) in [6.07, 6.45) is 0.785. The Morgan fingerprint density at radius 1 is 1.03 bits per heavy atom. The summed E-state index contributed by atoms with van der Waals surface area (Å²) >= 11 is 0. The largest absolute Gasteiger partial charge is 0.444 e. The van der Waals surface area contributed by atoms with E-state index in [2.05, 4.69) is 48.1 Å². The lowest BCUT2D eigenvalue weighted by atomic mass is 9.52. The molecule has 0 radical (unpaired) electrons. The van der Waals surface area contributed by atoms with Crippen LogP contribution in [-0.4, -0.2) is 64.9 Å². The van der Waals surface area contributed by atoms with E-state index in [0.29, 0.717) is 37.7 Å². The minimum Gasteiger partial charge on any atom is -0.444 e. The lowest BCUT2D eigenvalue weighted by Gasteiger charge is -2.57. The second-order valence-electron chi connectivity index (χ2n) is 10.8. The maximum Gasteiger partial charge on any atom is 0.410 e. The predicted octanol–water partition coefficient (Wildman–Crippen LogP) is 3.09. The molecule has 2 heterocycles. The Kier molecular flexibility index (Phi) is 5.73.